The second-order valence-electron chi connectivity index (χ2n) is 8.10. The van der Waals surface area contributed by atoms with Gasteiger partial charge in [-0.3, -0.25) is 10.1 Å². The van der Waals surface area contributed by atoms with Gasteiger partial charge in [-0.05, 0) is 60.5 Å². The van der Waals surface area contributed by atoms with Crippen LogP contribution >= 0.6 is 0 Å². The standard InChI is InChI=1S/C14H21N5O/c1-12-3-9-4-13(2,6-12)8-14(5-9,7-12)10(20)15-11-16-18-19-17-11/h9H,3-8H2,1-2H3,(H2,15,16,17,18,19,20)/t9?,12-,13-,14?/m1/s1. The van der Waals surface area contributed by atoms with E-state index in [1.807, 2.05) is 0 Å². The van der Waals surface area contributed by atoms with Gasteiger partial charge >= 0.3 is 0 Å². The number of hydrogen-bond acceptors (Lipinski definition) is 4. The number of tetrazole rings is 1. The molecule has 2 atom stereocenters. The Bertz CT molecular complexity index is 536. The second kappa shape index (κ2) is 3.59. The van der Waals surface area contributed by atoms with Gasteiger partial charge in [-0.2, -0.15) is 5.21 Å². The molecule has 6 nitrogen and oxygen atoms in total. The molecule has 4 aliphatic rings. The Hall–Kier alpha value is -1.46. The fraction of sp³-hybridized carbons (Fsp3) is 0.857. The molecule has 0 saturated heterocycles. The van der Waals surface area contributed by atoms with E-state index in [0.717, 1.165) is 19.3 Å². The third-order valence-corrected chi connectivity index (χ3v) is 5.68. The van der Waals surface area contributed by atoms with Crippen LogP contribution < -0.4 is 5.32 Å². The smallest absolute Gasteiger partial charge is 0.269 e. The van der Waals surface area contributed by atoms with Crippen molar-refractivity contribution in [2.75, 3.05) is 5.32 Å². The van der Waals surface area contributed by atoms with E-state index in [1.54, 1.807) is 0 Å². The summed E-state index contributed by atoms with van der Waals surface area (Å²) in [6.45, 7) is 4.73. The summed E-state index contributed by atoms with van der Waals surface area (Å²) in [5, 5.41) is 16.4. The van der Waals surface area contributed by atoms with Crippen molar-refractivity contribution >= 4 is 11.9 Å². The molecule has 4 fully saturated rings. The molecule has 0 radical (unpaired) electrons. The zero-order valence-corrected chi connectivity index (χ0v) is 12.1. The van der Waals surface area contributed by atoms with Crippen LogP contribution in [-0.2, 0) is 4.79 Å². The molecule has 1 aromatic rings. The van der Waals surface area contributed by atoms with Crippen LogP contribution in [0.1, 0.15) is 52.4 Å². The van der Waals surface area contributed by atoms with Crippen LogP contribution in [0.5, 0.6) is 0 Å². The minimum atomic E-state index is -0.219. The first-order valence-corrected chi connectivity index (χ1v) is 7.46. The number of carbonyl (C=O) groups excluding carboxylic acids is 1. The van der Waals surface area contributed by atoms with E-state index in [2.05, 4.69) is 39.8 Å². The van der Waals surface area contributed by atoms with Gasteiger partial charge in [-0.25, -0.2) is 0 Å². The van der Waals surface area contributed by atoms with Gasteiger partial charge in [0.25, 0.3) is 5.95 Å². The van der Waals surface area contributed by atoms with Crippen molar-refractivity contribution in [2.24, 2.45) is 22.2 Å². The lowest BCUT2D eigenvalue weighted by Gasteiger charge is -2.64. The zero-order chi connectivity index (χ0) is 14.0. The van der Waals surface area contributed by atoms with Crippen molar-refractivity contribution in [3.05, 3.63) is 0 Å². The number of amides is 1. The van der Waals surface area contributed by atoms with Crippen molar-refractivity contribution in [3.63, 3.8) is 0 Å². The zero-order valence-electron chi connectivity index (χ0n) is 12.1. The number of nitrogens with zero attached hydrogens (tertiary/aromatic N) is 3. The van der Waals surface area contributed by atoms with E-state index in [-0.39, 0.29) is 11.3 Å². The highest BCUT2D eigenvalue weighted by Gasteiger charge is 2.62. The summed E-state index contributed by atoms with van der Waals surface area (Å²) in [6.07, 6.45) is 6.90. The molecule has 1 heterocycles. The topological polar surface area (TPSA) is 83.6 Å². The third-order valence-electron chi connectivity index (χ3n) is 5.68. The first-order chi connectivity index (χ1) is 9.41. The lowest BCUT2D eigenvalue weighted by molar-refractivity contribution is -0.165. The molecule has 4 aliphatic carbocycles. The number of H-pyrrole nitrogens is 1. The normalized spacial score (nSPS) is 45.6. The first kappa shape index (κ1) is 12.3. The van der Waals surface area contributed by atoms with E-state index in [9.17, 15) is 4.79 Å². The van der Waals surface area contributed by atoms with Crippen molar-refractivity contribution in [3.8, 4) is 0 Å². The molecule has 108 valence electrons. The van der Waals surface area contributed by atoms with Gasteiger partial charge in [0.1, 0.15) is 0 Å². The number of aromatic nitrogens is 4. The number of carbonyl (C=O) groups is 1. The molecular formula is C14H21N5O. The Morgan fingerprint density at radius 3 is 2.45 bits per heavy atom. The van der Waals surface area contributed by atoms with Crippen molar-refractivity contribution in [1.82, 2.24) is 20.6 Å². The molecule has 6 heteroatoms. The van der Waals surface area contributed by atoms with Crippen LogP contribution in [0.4, 0.5) is 5.95 Å². The van der Waals surface area contributed by atoms with Crippen LogP contribution in [0.25, 0.3) is 0 Å². The number of anilines is 1. The van der Waals surface area contributed by atoms with E-state index >= 15 is 0 Å². The molecule has 1 amide bonds. The Labute approximate surface area is 118 Å². The largest absolute Gasteiger partial charge is 0.291 e. The van der Waals surface area contributed by atoms with Gasteiger partial charge < -0.3 is 0 Å². The quantitative estimate of drug-likeness (QED) is 0.866. The van der Waals surface area contributed by atoms with Gasteiger partial charge in [0, 0.05) is 0 Å². The van der Waals surface area contributed by atoms with Gasteiger partial charge in [0.2, 0.25) is 5.91 Å². The Morgan fingerprint density at radius 1 is 1.20 bits per heavy atom. The fourth-order valence-corrected chi connectivity index (χ4v) is 6.15. The minimum absolute atomic E-state index is 0.0976. The minimum Gasteiger partial charge on any atom is -0.291 e. The number of nitrogens with one attached hydrogen (secondary N) is 2. The van der Waals surface area contributed by atoms with Crippen LogP contribution in [0, 0.1) is 22.2 Å². The summed E-state index contributed by atoms with van der Waals surface area (Å²) in [7, 11) is 0. The van der Waals surface area contributed by atoms with Gasteiger partial charge in [0.15, 0.2) is 0 Å². The molecule has 0 aliphatic heterocycles. The molecule has 4 bridgehead atoms. The first-order valence-electron chi connectivity index (χ1n) is 7.46. The van der Waals surface area contributed by atoms with Crippen LogP contribution in [0.15, 0.2) is 0 Å². The van der Waals surface area contributed by atoms with Gasteiger partial charge in [-0.15, -0.1) is 5.10 Å². The lowest BCUT2D eigenvalue weighted by Crippen LogP contribution is -2.58. The molecular weight excluding hydrogens is 254 g/mol. The molecule has 0 aromatic carbocycles. The van der Waals surface area contributed by atoms with Crippen LogP contribution in [0.2, 0.25) is 0 Å². The number of rotatable bonds is 2. The third kappa shape index (κ3) is 1.70. The van der Waals surface area contributed by atoms with Crippen molar-refractivity contribution in [2.45, 2.75) is 52.4 Å². The van der Waals surface area contributed by atoms with E-state index in [0.29, 0.717) is 22.7 Å². The summed E-state index contributed by atoms with van der Waals surface area (Å²) in [5.41, 5.74) is 0.453. The average molecular weight is 275 g/mol. The Morgan fingerprint density at radius 2 is 1.90 bits per heavy atom. The SMILES string of the molecule is C[C@]12CC3CC(C(=O)Nc4nn[nH]n4)(C1)C[C@](C)(C3)C2. The molecule has 0 unspecified atom stereocenters. The molecule has 20 heavy (non-hydrogen) atoms. The predicted octanol–water partition coefficient (Wildman–Crippen LogP) is 2.13. The second-order valence-corrected chi connectivity index (χ2v) is 8.10. The van der Waals surface area contributed by atoms with E-state index in [1.165, 1.54) is 19.3 Å². The number of aromatic amines is 1. The van der Waals surface area contributed by atoms with E-state index < -0.39 is 0 Å². The summed E-state index contributed by atoms with van der Waals surface area (Å²) in [4.78, 5) is 12.8. The summed E-state index contributed by atoms with van der Waals surface area (Å²) in [6, 6.07) is 0. The highest BCUT2D eigenvalue weighted by atomic mass is 16.2. The highest BCUT2D eigenvalue weighted by Crippen LogP contribution is 2.69. The van der Waals surface area contributed by atoms with E-state index in [4.69, 9.17) is 0 Å². The predicted molar refractivity (Wildman–Crippen MR) is 72.6 cm³/mol. The summed E-state index contributed by atoms with van der Waals surface area (Å²) >= 11 is 0. The molecule has 5 rings (SSSR count). The Kier molecular flexibility index (Phi) is 2.21. The summed E-state index contributed by atoms with van der Waals surface area (Å²) in [5.74, 6) is 1.10. The van der Waals surface area contributed by atoms with Crippen molar-refractivity contribution < 1.29 is 4.79 Å². The number of hydrogen-bond donors (Lipinski definition) is 2. The molecule has 0 spiro atoms. The van der Waals surface area contributed by atoms with Gasteiger partial charge in [0.05, 0.1) is 5.41 Å². The maximum absolute atomic E-state index is 12.8. The van der Waals surface area contributed by atoms with Gasteiger partial charge in [-0.1, -0.05) is 18.9 Å². The summed E-state index contributed by atoms with van der Waals surface area (Å²) < 4.78 is 0. The molecule has 2 N–H and O–H groups in total. The maximum atomic E-state index is 12.8. The van der Waals surface area contributed by atoms with Crippen molar-refractivity contribution in [1.29, 1.82) is 0 Å². The highest BCUT2D eigenvalue weighted by molar-refractivity contribution is 5.94. The maximum Gasteiger partial charge on any atom is 0.269 e. The molecule has 1 aromatic heterocycles. The van der Waals surface area contributed by atoms with Crippen LogP contribution in [0.3, 0.4) is 0 Å². The van der Waals surface area contributed by atoms with Crippen LogP contribution in [-0.4, -0.2) is 26.5 Å². The average Bonchev–Trinajstić information content (AvgIpc) is 2.76. The Balaban J connectivity index is 1.65. The molecule has 4 saturated carbocycles. The lowest BCUT2D eigenvalue weighted by atomic mass is 9.40. The monoisotopic (exact) mass is 275 g/mol. The fourth-order valence-electron chi connectivity index (χ4n) is 6.15.